The number of aryl methyl sites for hydroxylation is 1. The van der Waals surface area contributed by atoms with E-state index in [0.29, 0.717) is 24.3 Å². The second-order valence-corrected chi connectivity index (χ2v) is 11.3. The van der Waals surface area contributed by atoms with Crippen molar-refractivity contribution in [2.24, 2.45) is 29.6 Å². The first kappa shape index (κ1) is 23.5. The molecule has 32 heavy (non-hydrogen) atoms. The van der Waals surface area contributed by atoms with Gasteiger partial charge >= 0.3 is 0 Å². The van der Waals surface area contributed by atoms with E-state index in [0.717, 1.165) is 42.0 Å². The molecular formula is C27H44N4O. The Morgan fingerprint density at radius 2 is 1.75 bits per heavy atom. The Morgan fingerprint density at radius 1 is 1.00 bits per heavy atom. The monoisotopic (exact) mass is 440 g/mol. The summed E-state index contributed by atoms with van der Waals surface area (Å²) in [6.07, 6.45) is 12.6. The Balaban J connectivity index is 1.38. The van der Waals surface area contributed by atoms with Gasteiger partial charge in [-0.05, 0) is 62.7 Å². The molecule has 1 aromatic rings. The van der Waals surface area contributed by atoms with Crippen LogP contribution in [0.1, 0.15) is 102 Å². The van der Waals surface area contributed by atoms with Gasteiger partial charge in [0, 0.05) is 36.2 Å². The van der Waals surface area contributed by atoms with Gasteiger partial charge in [0.2, 0.25) is 5.91 Å². The smallest absolute Gasteiger partial charge is 0.223 e. The van der Waals surface area contributed by atoms with E-state index < -0.39 is 0 Å². The van der Waals surface area contributed by atoms with Gasteiger partial charge in [-0.2, -0.15) is 0 Å². The van der Waals surface area contributed by atoms with E-state index in [1.54, 1.807) is 0 Å². The molecule has 1 amide bonds. The third-order valence-corrected chi connectivity index (χ3v) is 8.77. The van der Waals surface area contributed by atoms with Gasteiger partial charge in [0.1, 0.15) is 11.6 Å². The van der Waals surface area contributed by atoms with Crippen LogP contribution in [0.4, 0.5) is 5.82 Å². The highest BCUT2D eigenvalue weighted by atomic mass is 16.1. The lowest BCUT2D eigenvalue weighted by Gasteiger charge is -2.39. The second-order valence-electron chi connectivity index (χ2n) is 11.3. The van der Waals surface area contributed by atoms with E-state index in [-0.39, 0.29) is 17.9 Å². The van der Waals surface area contributed by atoms with Crippen LogP contribution in [0.5, 0.6) is 0 Å². The number of nitrogens with zero attached hydrogens (tertiary/aromatic N) is 2. The molecule has 0 saturated heterocycles. The number of hydrogen-bond donors (Lipinski definition) is 2. The zero-order chi connectivity index (χ0) is 22.7. The van der Waals surface area contributed by atoms with Gasteiger partial charge in [-0.15, -0.1) is 0 Å². The summed E-state index contributed by atoms with van der Waals surface area (Å²) in [5.41, 5.74) is 1.02. The maximum Gasteiger partial charge on any atom is 0.223 e. The van der Waals surface area contributed by atoms with Crippen molar-refractivity contribution in [3.05, 3.63) is 17.6 Å². The summed E-state index contributed by atoms with van der Waals surface area (Å²) in [6, 6.07) is 2.21. The van der Waals surface area contributed by atoms with Crippen LogP contribution in [-0.4, -0.2) is 28.5 Å². The molecule has 3 aliphatic rings. The molecule has 178 valence electrons. The lowest BCUT2D eigenvalue weighted by atomic mass is 9.67. The quantitative estimate of drug-likeness (QED) is 0.532. The Bertz CT molecular complexity index is 775. The maximum absolute atomic E-state index is 13.1. The number of nitrogens with one attached hydrogen (secondary N) is 2. The number of rotatable bonds is 8. The fraction of sp³-hybridized carbons (Fsp3) is 0.815. The lowest BCUT2D eigenvalue weighted by molar-refractivity contribution is -0.127. The molecule has 0 aromatic carbocycles. The van der Waals surface area contributed by atoms with Gasteiger partial charge < -0.3 is 10.6 Å². The van der Waals surface area contributed by atoms with Crippen molar-refractivity contribution in [2.75, 3.05) is 11.9 Å². The lowest BCUT2D eigenvalue weighted by Crippen LogP contribution is -2.45. The van der Waals surface area contributed by atoms with Crippen molar-refractivity contribution < 1.29 is 4.79 Å². The van der Waals surface area contributed by atoms with Crippen LogP contribution in [0.15, 0.2) is 6.07 Å². The summed E-state index contributed by atoms with van der Waals surface area (Å²) in [7, 11) is 0. The third kappa shape index (κ3) is 5.63. The van der Waals surface area contributed by atoms with Gasteiger partial charge in [-0.1, -0.05) is 52.9 Å². The first-order valence-corrected chi connectivity index (χ1v) is 13.3. The maximum atomic E-state index is 13.1. The zero-order valence-electron chi connectivity index (χ0n) is 20.7. The summed E-state index contributed by atoms with van der Waals surface area (Å²) in [5, 5.41) is 7.02. The molecule has 3 fully saturated rings. The van der Waals surface area contributed by atoms with Crippen LogP contribution in [-0.2, 0) is 4.79 Å². The van der Waals surface area contributed by atoms with E-state index in [4.69, 9.17) is 9.97 Å². The van der Waals surface area contributed by atoms with E-state index in [9.17, 15) is 4.79 Å². The van der Waals surface area contributed by atoms with Gasteiger partial charge in [-0.25, -0.2) is 9.97 Å². The van der Waals surface area contributed by atoms with E-state index in [1.807, 2.05) is 6.07 Å². The SMILES string of the molecule is Cc1cc(NC(CNC(=O)C2CCC3CCCCC3C2)C(C)C(C)C)nc(C2CCC2)n1. The van der Waals surface area contributed by atoms with E-state index >= 15 is 0 Å². The molecule has 5 heteroatoms. The molecule has 0 aliphatic heterocycles. The van der Waals surface area contributed by atoms with Crippen molar-refractivity contribution in [1.29, 1.82) is 0 Å². The van der Waals surface area contributed by atoms with Crippen molar-refractivity contribution in [3.63, 3.8) is 0 Å². The van der Waals surface area contributed by atoms with Gasteiger partial charge in [0.05, 0.1) is 0 Å². The highest BCUT2D eigenvalue weighted by Crippen LogP contribution is 2.42. The molecule has 0 radical (unpaired) electrons. The second kappa shape index (κ2) is 10.5. The largest absolute Gasteiger partial charge is 0.365 e. The molecule has 4 rings (SSSR count). The standard InChI is InChI=1S/C27H44N4O/c1-17(2)19(4)24(30-25-14-18(3)29-26(31-25)21-10-7-11-21)16-28-27(32)23-13-12-20-8-5-6-9-22(20)15-23/h14,17,19-24H,5-13,15-16H2,1-4H3,(H,28,32)(H,29,30,31). The molecule has 3 aliphatic carbocycles. The first-order valence-electron chi connectivity index (χ1n) is 13.3. The Labute approximate surface area is 195 Å². The molecule has 0 bridgehead atoms. The minimum absolute atomic E-state index is 0.161. The van der Waals surface area contributed by atoms with Crippen molar-refractivity contribution in [2.45, 2.75) is 104 Å². The molecule has 5 unspecified atom stereocenters. The number of anilines is 1. The summed E-state index contributed by atoms with van der Waals surface area (Å²) in [5.74, 6) is 5.51. The third-order valence-electron chi connectivity index (χ3n) is 8.77. The molecule has 3 saturated carbocycles. The molecule has 1 heterocycles. The predicted molar refractivity (Wildman–Crippen MR) is 131 cm³/mol. The summed E-state index contributed by atoms with van der Waals surface area (Å²) in [6.45, 7) is 9.51. The van der Waals surface area contributed by atoms with Crippen molar-refractivity contribution in [1.82, 2.24) is 15.3 Å². The van der Waals surface area contributed by atoms with Crippen LogP contribution >= 0.6 is 0 Å². The first-order chi connectivity index (χ1) is 15.4. The fourth-order valence-corrected chi connectivity index (χ4v) is 6.00. The molecule has 5 nitrogen and oxygen atoms in total. The highest BCUT2D eigenvalue weighted by molar-refractivity contribution is 5.78. The minimum Gasteiger partial charge on any atom is -0.365 e. The van der Waals surface area contributed by atoms with Crippen molar-refractivity contribution in [3.8, 4) is 0 Å². The molecule has 2 N–H and O–H groups in total. The summed E-state index contributed by atoms with van der Waals surface area (Å²) < 4.78 is 0. The number of carbonyl (C=O) groups is 1. The van der Waals surface area contributed by atoms with Crippen LogP contribution in [0, 0.1) is 36.5 Å². The average molecular weight is 441 g/mol. The normalized spacial score (nSPS) is 27.8. The topological polar surface area (TPSA) is 66.9 Å². The average Bonchev–Trinajstić information content (AvgIpc) is 2.74. The number of amides is 1. The Kier molecular flexibility index (Phi) is 7.73. The minimum atomic E-state index is 0.161. The summed E-state index contributed by atoms with van der Waals surface area (Å²) in [4.78, 5) is 22.7. The fourth-order valence-electron chi connectivity index (χ4n) is 6.00. The zero-order valence-corrected chi connectivity index (χ0v) is 20.7. The number of hydrogen-bond acceptors (Lipinski definition) is 4. The van der Waals surface area contributed by atoms with Crippen LogP contribution in [0.3, 0.4) is 0 Å². The molecule has 0 spiro atoms. The Morgan fingerprint density at radius 3 is 2.44 bits per heavy atom. The van der Waals surface area contributed by atoms with Crippen molar-refractivity contribution >= 4 is 11.7 Å². The number of fused-ring (bicyclic) bond motifs is 1. The molecule has 5 atom stereocenters. The van der Waals surface area contributed by atoms with Crippen LogP contribution < -0.4 is 10.6 Å². The van der Waals surface area contributed by atoms with Gasteiger partial charge in [0.15, 0.2) is 0 Å². The molecule has 1 aromatic heterocycles. The van der Waals surface area contributed by atoms with Gasteiger partial charge in [-0.3, -0.25) is 4.79 Å². The highest BCUT2D eigenvalue weighted by Gasteiger charge is 2.35. The molecular weight excluding hydrogens is 396 g/mol. The number of aromatic nitrogens is 2. The van der Waals surface area contributed by atoms with E-state index in [1.165, 1.54) is 51.4 Å². The Hall–Kier alpha value is -1.65. The van der Waals surface area contributed by atoms with Gasteiger partial charge in [0.25, 0.3) is 0 Å². The van der Waals surface area contributed by atoms with Crippen LogP contribution in [0.2, 0.25) is 0 Å². The predicted octanol–water partition coefficient (Wildman–Crippen LogP) is 5.85. The summed E-state index contributed by atoms with van der Waals surface area (Å²) >= 11 is 0. The number of carbonyl (C=O) groups excluding carboxylic acids is 1. The van der Waals surface area contributed by atoms with Crippen LogP contribution in [0.25, 0.3) is 0 Å². The van der Waals surface area contributed by atoms with E-state index in [2.05, 4.69) is 38.3 Å².